The van der Waals surface area contributed by atoms with Gasteiger partial charge < -0.3 is 19.9 Å². The Morgan fingerprint density at radius 2 is 1.83 bits per heavy atom. The highest BCUT2D eigenvalue weighted by molar-refractivity contribution is 7.09. The lowest BCUT2D eigenvalue weighted by Gasteiger charge is -2.14. The number of anilines is 1. The molecular weight excluding hydrogens is 314 g/mol. The van der Waals surface area contributed by atoms with Gasteiger partial charge in [-0.15, -0.1) is 0 Å². The van der Waals surface area contributed by atoms with Crippen LogP contribution in [0.1, 0.15) is 31.3 Å². The van der Waals surface area contributed by atoms with E-state index in [2.05, 4.69) is 28.5 Å². The zero-order valence-corrected chi connectivity index (χ0v) is 14.7. The minimum atomic E-state index is -0.698. The van der Waals surface area contributed by atoms with E-state index in [-0.39, 0.29) is 0 Å². The van der Waals surface area contributed by atoms with E-state index < -0.39 is 6.10 Å². The van der Waals surface area contributed by atoms with Crippen molar-refractivity contribution in [2.24, 2.45) is 5.92 Å². The second-order valence-corrected chi connectivity index (χ2v) is 6.41. The van der Waals surface area contributed by atoms with Crippen molar-refractivity contribution in [2.75, 3.05) is 26.1 Å². The Morgan fingerprint density at radius 3 is 2.39 bits per heavy atom. The lowest BCUT2D eigenvalue weighted by Crippen LogP contribution is -2.12. The summed E-state index contributed by atoms with van der Waals surface area (Å²) in [7, 11) is 3.17. The lowest BCUT2D eigenvalue weighted by atomic mass is 10.1. The Morgan fingerprint density at radius 1 is 1.17 bits per heavy atom. The first-order chi connectivity index (χ1) is 11.0. The quantitative estimate of drug-likeness (QED) is 0.771. The zero-order chi connectivity index (χ0) is 16.8. The third-order valence-corrected chi connectivity index (χ3v) is 3.97. The number of aliphatic hydroxyl groups is 1. The molecule has 6 nitrogen and oxygen atoms in total. The van der Waals surface area contributed by atoms with Crippen molar-refractivity contribution in [2.45, 2.75) is 26.4 Å². The number of methoxy groups -OCH3 is 2. The summed E-state index contributed by atoms with van der Waals surface area (Å²) < 4.78 is 14.7. The van der Waals surface area contributed by atoms with Crippen molar-refractivity contribution >= 4 is 16.7 Å². The van der Waals surface area contributed by atoms with Gasteiger partial charge in [0.1, 0.15) is 17.3 Å². The molecule has 0 saturated heterocycles. The van der Waals surface area contributed by atoms with Gasteiger partial charge in [0, 0.05) is 30.6 Å². The Labute approximate surface area is 140 Å². The number of ether oxygens (including phenoxy) is 2. The van der Waals surface area contributed by atoms with Gasteiger partial charge in [0.15, 0.2) is 0 Å². The molecule has 0 amide bonds. The highest BCUT2D eigenvalue weighted by Gasteiger charge is 2.13. The molecule has 1 heterocycles. The van der Waals surface area contributed by atoms with E-state index in [1.807, 2.05) is 0 Å². The highest BCUT2D eigenvalue weighted by Crippen LogP contribution is 2.26. The van der Waals surface area contributed by atoms with Crippen LogP contribution >= 0.6 is 11.5 Å². The molecule has 0 spiro atoms. The molecule has 0 radical (unpaired) electrons. The smallest absolute Gasteiger partial charge is 0.202 e. The molecule has 126 valence electrons. The van der Waals surface area contributed by atoms with Gasteiger partial charge in [0.05, 0.1) is 20.3 Å². The van der Waals surface area contributed by atoms with Gasteiger partial charge in [0.25, 0.3) is 0 Å². The number of nitrogens with one attached hydrogen (secondary N) is 1. The van der Waals surface area contributed by atoms with Gasteiger partial charge >= 0.3 is 0 Å². The third-order valence-electron chi connectivity index (χ3n) is 3.26. The molecule has 2 N–H and O–H groups in total. The summed E-state index contributed by atoms with van der Waals surface area (Å²) in [5.41, 5.74) is 0.723. The van der Waals surface area contributed by atoms with E-state index in [0.717, 1.165) is 22.9 Å². The first kappa shape index (κ1) is 17.5. The Balaban J connectivity index is 1.99. The Kier molecular flexibility index (Phi) is 6.18. The van der Waals surface area contributed by atoms with Crippen LogP contribution in [0.5, 0.6) is 11.5 Å². The fourth-order valence-electron chi connectivity index (χ4n) is 2.10. The number of aromatic nitrogens is 2. The largest absolute Gasteiger partial charge is 0.497 e. The Bertz CT molecular complexity index is 609. The van der Waals surface area contributed by atoms with Crippen LogP contribution in [0.3, 0.4) is 0 Å². The van der Waals surface area contributed by atoms with E-state index in [1.165, 1.54) is 11.5 Å². The molecule has 0 unspecified atom stereocenters. The van der Waals surface area contributed by atoms with Crippen LogP contribution in [-0.2, 0) is 6.42 Å². The SMILES string of the molecule is COc1cc(OC)cc([C@@H](O)CNc2nc(CC(C)C)ns2)c1. The van der Waals surface area contributed by atoms with E-state index in [0.29, 0.717) is 24.0 Å². The van der Waals surface area contributed by atoms with Gasteiger partial charge in [-0.1, -0.05) is 13.8 Å². The van der Waals surface area contributed by atoms with Gasteiger partial charge in [-0.05, 0) is 23.6 Å². The number of rotatable bonds is 8. The zero-order valence-electron chi connectivity index (χ0n) is 13.9. The maximum Gasteiger partial charge on any atom is 0.202 e. The van der Waals surface area contributed by atoms with Crippen molar-refractivity contribution in [1.82, 2.24) is 9.36 Å². The first-order valence-electron chi connectivity index (χ1n) is 7.49. The minimum Gasteiger partial charge on any atom is -0.497 e. The molecule has 2 rings (SSSR count). The van der Waals surface area contributed by atoms with Gasteiger partial charge in [-0.25, -0.2) is 4.98 Å². The number of hydrogen-bond donors (Lipinski definition) is 2. The van der Waals surface area contributed by atoms with Crippen molar-refractivity contribution < 1.29 is 14.6 Å². The van der Waals surface area contributed by atoms with Crippen molar-refractivity contribution in [3.63, 3.8) is 0 Å². The highest BCUT2D eigenvalue weighted by atomic mass is 32.1. The molecule has 0 aliphatic rings. The summed E-state index contributed by atoms with van der Waals surface area (Å²) in [5.74, 6) is 2.65. The number of nitrogens with zero attached hydrogens (tertiary/aromatic N) is 2. The second kappa shape index (κ2) is 8.12. The fourth-order valence-corrected chi connectivity index (χ4v) is 2.70. The van der Waals surface area contributed by atoms with E-state index >= 15 is 0 Å². The number of hydrogen-bond acceptors (Lipinski definition) is 7. The average Bonchev–Trinajstić information content (AvgIpc) is 2.98. The monoisotopic (exact) mass is 337 g/mol. The topological polar surface area (TPSA) is 76.5 Å². The summed E-state index contributed by atoms with van der Waals surface area (Å²) in [6.45, 7) is 4.61. The van der Waals surface area contributed by atoms with Crippen LogP contribution < -0.4 is 14.8 Å². The van der Waals surface area contributed by atoms with Crippen LogP contribution in [0, 0.1) is 5.92 Å². The normalized spacial score (nSPS) is 12.3. The molecule has 1 atom stereocenters. The van der Waals surface area contributed by atoms with Crippen LogP contribution in [0.25, 0.3) is 0 Å². The summed E-state index contributed by atoms with van der Waals surface area (Å²) in [6, 6.07) is 5.35. The maximum atomic E-state index is 10.4. The van der Waals surface area contributed by atoms with E-state index in [9.17, 15) is 5.11 Å². The number of aliphatic hydroxyl groups excluding tert-OH is 1. The second-order valence-electron chi connectivity index (χ2n) is 5.66. The summed E-state index contributed by atoms with van der Waals surface area (Å²) in [6.07, 6.45) is 0.157. The molecule has 7 heteroatoms. The van der Waals surface area contributed by atoms with Crippen LogP contribution in [-0.4, -0.2) is 35.2 Å². The maximum absolute atomic E-state index is 10.4. The van der Waals surface area contributed by atoms with Crippen LogP contribution in [0.2, 0.25) is 0 Å². The predicted molar refractivity (Wildman–Crippen MR) is 91.4 cm³/mol. The molecule has 0 bridgehead atoms. The molecule has 0 aliphatic carbocycles. The van der Waals surface area contributed by atoms with Gasteiger partial charge in [-0.3, -0.25) is 0 Å². The average molecular weight is 337 g/mol. The van der Waals surface area contributed by atoms with Gasteiger partial charge in [0.2, 0.25) is 5.13 Å². The van der Waals surface area contributed by atoms with Crippen LogP contribution in [0.4, 0.5) is 5.13 Å². The first-order valence-corrected chi connectivity index (χ1v) is 8.26. The summed E-state index contributed by atoms with van der Waals surface area (Å²) in [4.78, 5) is 4.42. The molecular formula is C16H23N3O3S. The standard InChI is InChI=1S/C16H23N3O3S/c1-10(2)5-15-18-16(23-19-15)17-9-14(20)11-6-12(21-3)8-13(7-11)22-4/h6-8,10,14,20H,5,9H2,1-4H3,(H,17,18,19)/t14-/m0/s1. The number of benzene rings is 1. The Hall–Kier alpha value is -1.86. The molecule has 23 heavy (non-hydrogen) atoms. The minimum absolute atomic E-state index is 0.340. The molecule has 2 aromatic rings. The van der Waals surface area contributed by atoms with Crippen molar-refractivity contribution in [3.05, 3.63) is 29.6 Å². The molecule has 0 fully saturated rings. The van der Waals surface area contributed by atoms with Gasteiger partial charge in [-0.2, -0.15) is 4.37 Å². The molecule has 1 aromatic carbocycles. The summed E-state index contributed by atoms with van der Waals surface area (Å²) >= 11 is 1.31. The molecule has 1 aromatic heterocycles. The third kappa shape index (κ3) is 5.07. The lowest BCUT2D eigenvalue weighted by molar-refractivity contribution is 0.190. The fraction of sp³-hybridized carbons (Fsp3) is 0.500. The van der Waals surface area contributed by atoms with Crippen molar-refractivity contribution in [3.8, 4) is 11.5 Å². The summed E-state index contributed by atoms with van der Waals surface area (Å²) in [5, 5.41) is 14.2. The van der Waals surface area contributed by atoms with Crippen LogP contribution in [0.15, 0.2) is 18.2 Å². The predicted octanol–water partition coefficient (Wildman–Crippen LogP) is 2.90. The molecule has 0 aliphatic heterocycles. The van der Waals surface area contributed by atoms with E-state index in [1.54, 1.807) is 32.4 Å². The van der Waals surface area contributed by atoms with Crippen molar-refractivity contribution in [1.29, 1.82) is 0 Å². The van der Waals surface area contributed by atoms with E-state index in [4.69, 9.17) is 9.47 Å². The molecule has 0 saturated carbocycles.